The molecule has 0 aromatic heterocycles. The summed E-state index contributed by atoms with van der Waals surface area (Å²) in [5.74, 6) is -0.899. The number of benzene rings is 3. The molecule has 180 valence electrons. The van der Waals surface area contributed by atoms with Gasteiger partial charge >= 0.3 is 12.4 Å². The minimum atomic E-state index is -4.82. The first-order chi connectivity index (χ1) is 15.7. The molecule has 0 bridgehead atoms. The lowest BCUT2D eigenvalue weighted by Crippen LogP contribution is -2.19. The Labute approximate surface area is 190 Å². The van der Waals surface area contributed by atoms with E-state index >= 15 is 0 Å². The van der Waals surface area contributed by atoms with Gasteiger partial charge in [-0.1, -0.05) is 24.3 Å². The van der Waals surface area contributed by atoms with Crippen LogP contribution < -0.4 is 10.0 Å². The second kappa shape index (κ2) is 9.01. The van der Waals surface area contributed by atoms with E-state index in [2.05, 4.69) is 5.32 Å². The molecule has 0 aliphatic heterocycles. The number of hydrogen-bond acceptors (Lipinski definition) is 3. The maximum atomic E-state index is 13.2. The summed E-state index contributed by atoms with van der Waals surface area (Å²) >= 11 is 0. The zero-order chi connectivity index (χ0) is 25.3. The molecule has 5 nitrogen and oxygen atoms in total. The molecule has 1 amide bonds. The Morgan fingerprint density at radius 3 is 2.15 bits per heavy atom. The Morgan fingerprint density at radius 2 is 1.50 bits per heavy atom. The van der Waals surface area contributed by atoms with Crippen molar-refractivity contribution in [1.82, 2.24) is 0 Å². The van der Waals surface area contributed by atoms with Crippen molar-refractivity contribution in [2.45, 2.75) is 24.2 Å². The molecule has 0 heterocycles. The quantitative estimate of drug-likeness (QED) is 0.415. The van der Waals surface area contributed by atoms with Gasteiger partial charge < -0.3 is 5.32 Å². The Bertz CT molecular complexity index is 1330. The second-order valence-electron chi connectivity index (χ2n) is 7.16. The molecule has 0 atom stereocenters. The van der Waals surface area contributed by atoms with E-state index in [0.29, 0.717) is 17.7 Å². The largest absolute Gasteiger partial charge is 0.418 e. The van der Waals surface area contributed by atoms with Crippen molar-refractivity contribution in [3.63, 3.8) is 0 Å². The summed E-state index contributed by atoms with van der Waals surface area (Å²) in [4.78, 5) is 12.2. The van der Waals surface area contributed by atoms with Crippen molar-refractivity contribution in [3.8, 4) is 0 Å². The summed E-state index contributed by atoms with van der Waals surface area (Å²) in [6, 6.07) is 11.1. The van der Waals surface area contributed by atoms with Gasteiger partial charge in [-0.2, -0.15) is 26.3 Å². The predicted molar refractivity (Wildman–Crippen MR) is 113 cm³/mol. The molecule has 0 saturated carbocycles. The maximum Gasteiger partial charge on any atom is 0.418 e. The minimum Gasteiger partial charge on any atom is -0.322 e. The first kappa shape index (κ1) is 25.1. The predicted octanol–water partition coefficient (Wildman–Crippen LogP) is 6.09. The molecule has 0 aliphatic rings. The second-order valence-corrected chi connectivity index (χ2v) is 8.84. The van der Waals surface area contributed by atoms with E-state index in [-0.39, 0.29) is 11.3 Å². The van der Waals surface area contributed by atoms with Gasteiger partial charge in [0.1, 0.15) is 0 Å². The summed E-state index contributed by atoms with van der Waals surface area (Å²) in [6.45, 7) is 1.46. The van der Waals surface area contributed by atoms with E-state index in [4.69, 9.17) is 0 Å². The first-order valence-electron chi connectivity index (χ1n) is 9.47. The highest BCUT2D eigenvalue weighted by atomic mass is 32.2. The summed E-state index contributed by atoms with van der Waals surface area (Å²) in [7, 11) is -4.55. The summed E-state index contributed by atoms with van der Waals surface area (Å²) in [6.07, 6.45) is -9.45. The third-order valence-electron chi connectivity index (χ3n) is 4.69. The van der Waals surface area contributed by atoms with E-state index < -0.39 is 50.0 Å². The van der Waals surface area contributed by atoms with Crippen LogP contribution in [0, 0.1) is 6.92 Å². The van der Waals surface area contributed by atoms with Gasteiger partial charge in [0.2, 0.25) is 0 Å². The van der Waals surface area contributed by atoms with Crippen molar-refractivity contribution in [3.05, 3.63) is 89.0 Å². The fourth-order valence-electron chi connectivity index (χ4n) is 3.01. The fraction of sp³-hybridized carbons (Fsp3) is 0.136. The average Bonchev–Trinajstić information content (AvgIpc) is 2.72. The fourth-order valence-corrected chi connectivity index (χ4v) is 4.11. The molecule has 3 aromatic carbocycles. The number of carbonyl (C=O) groups is 1. The molecule has 0 spiro atoms. The highest BCUT2D eigenvalue weighted by Gasteiger charge is 2.34. The zero-order valence-electron chi connectivity index (χ0n) is 17.3. The average molecular weight is 502 g/mol. The van der Waals surface area contributed by atoms with E-state index in [1.54, 1.807) is 0 Å². The highest BCUT2D eigenvalue weighted by Crippen LogP contribution is 2.35. The van der Waals surface area contributed by atoms with Gasteiger partial charge in [-0.3, -0.25) is 9.52 Å². The number of hydrogen-bond donors (Lipinski definition) is 2. The Kier molecular flexibility index (Phi) is 6.65. The van der Waals surface area contributed by atoms with Gasteiger partial charge in [0.25, 0.3) is 15.9 Å². The number of alkyl halides is 6. The monoisotopic (exact) mass is 502 g/mol. The number of nitrogens with one attached hydrogen (secondary N) is 2. The van der Waals surface area contributed by atoms with Gasteiger partial charge in [0, 0.05) is 11.3 Å². The molecule has 0 fully saturated rings. The number of rotatable bonds is 5. The zero-order valence-corrected chi connectivity index (χ0v) is 18.1. The molecular weight excluding hydrogens is 486 g/mol. The Hall–Kier alpha value is -3.54. The third kappa shape index (κ3) is 5.68. The van der Waals surface area contributed by atoms with E-state index in [9.17, 15) is 39.6 Å². The number of aryl methyl sites for hydroxylation is 1. The molecule has 3 rings (SSSR count). The van der Waals surface area contributed by atoms with Crippen molar-refractivity contribution in [2.24, 2.45) is 0 Å². The van der Waals surface area contributed by atoms with Gasteiger partial charge in [-0.25, -0.2) is 8.42 Å². The smallest absolute Gasteiger partial charge is 0.322 e. The van der Waals surface area contributed by atoms with Gasteiger partial charge in [-0.05, 0) is 55.0 Å². The topological polar surface area (TPSA) is 75.3 Å². The summed E-state index contributed by atoms with van der Waals surface area (Å²) in [5.41, 5.74) is -2.97. The lowest BCUT2D eigenvalue weighted by molar-refractivity contribution is -0.138. The van der Waals surface area contributed by atoms with Gasteiger partial charge in [-0.15, -0.1) is 0 Å². The molecule has 12 heteroatoms. The van der Waals surface area contributed by atoms with Crippen LogP contribution >= 0.6 is 0 Å². The van der Waals surface area contributed by atoms with Crippen LogP contribution in [0.3, 0.4) is 0 Å². The third-order valence-corrected chi connectivity index (χ3v) is 6.05. The molecular formula is C22H16F6N2O3S. The van der Waals surface area contributed by atoms with Crippen molar-refractivity contribution in [2.75, 3.05) is 10.0 Å². The van der Waals surface area contributed by atoms with Crippen LogP contribution in [0.4, 0.5) is 37.7 Å². The van der Waals surface area contributed by atoms with Crippen LogP contribution in [0.1, 0.15) is 27.0 Å². The van der Waals surface area contributed by atoms with Crippen LogP contribution in [-0.4, -0.2) is 14.3 Å². The lowest BCUT2D eigenvalue weighted by Gasteiger charge is -2.15. The highest BCUT2D eigenvalue weighted by molar-refractivity contribution is 7.92. The van der Waals surface area contributed by atoms with Crippen molar-refractivity contribution < 1.29 is 39.6 Å². The minimum absolute atomic E-state index is 0.176. The lowest BCUT2D eigenvalue weighted by atomic mass is 10.1. The van der Waals surface area contributed by atoms with Crippen molar-refractivity contribution in [1.29, 1.82) is 0 Å². The molecule has 0 unspecified atom stereocenters. The number of sulfonamides is 1. The number of amides is 1. The van der Waals surface area contributed by atoms with Crippen molar-refractivity contribution >= 4 is 27.3 Å². The van der Waals surface area contributed by atoms with Crippen LogP contribution in [0.15, 0.2) is 71.6 Å². The molecule has 3 aromatic rings. The van der Waals surface area contributed by atoms with Gasteiger partial charge in [0.15, 0.2) is 0 Å². The molecule has 0 saturated heterocycles. The van der Waals surface area contributed by atoms with E-state index in [1.165, 1.54) is 25.1 Å². The number of carbonyl (C=O) groups excluding carboxylic acids is 1. The number of para-hydroxylation sites is 1. The van der Waals surface area contributed by atoms with E-state index in [1.807, 2.05) is 4.72 Å². The first-order valence-corrected chi connectivity index (χ1v) is 10.9. The Morgan fingerprint density at radius 1 is 0.824 bits per heavy atom. The summed E-state index contributed by atoms with van der Waals surface area (Å²) in [5, 5.41) is 2.27. The number of halogens is 6. The van der Waals surface area contributed by atoms with E-state index in [0.717, 1.165) is 36.4 Å². The summed E-state index contributed by atoms with van der Waals surface area (Å²) < 4.78 is 106. The molecule has 0 radical (unpaired) electrons. The number of anilines is 2. The SMILES string of the molecule is Cc1ccc(S(=O)(=O)Nc2ccccc2C(F)(F)F)cc1C(=O)Nc1cccc(C(F)(F)F)c1. The van der Waals surface area contributed by atoms with Crippen LogP contribution in [0.5, 0.6) is 0 Å². The molecule has 2 N–H and O–H groups in total. The molecule has 34 heavy (non-hydrogen) atoms. The van der Waals surface area contributed by atoms with Crippen LogP contribution in [0.25, 0.3) is 0 Å². The standard InChI is InChI=1S/C22H16F6N2O3S/c1-13-9-10-16(34(32,33)30-19-8-3-2-7-18(19)22(26,27)28)12-17(13)20(31)29-15-6-4-5-14(11-15)21(23,24)25/h2-12,30H,1H3,(H,29,31). The maximum absolute atomic E-state index is 13.2. The van der Waals surface area contributed by atoms with Crippen LogP contribution in [0.2, 0.25) is 0 Å². The Balaban J connectivity index is 1.91. The van der Waals surface area contributed by atoms with Gasteiger partial charge in [0.05, 0.1) is 21.7 Å². The normalized spacial score (nSPS) is 12.3. The molecule has 0 aliphatic carbocycles. The van der Waals surface area contributed by atoms with Crippen LogP contribution in [-0.2, 0) is 22.4 Å².